The maximum absolute atomic E-state index is 12.7. The third-order valence-electron chi connectivity index (χ3n) is 3.61. The molecule has 0 aliphatic heterocycles. The van der Waals surface area contributed by atoms with Gasteiger partial charge < -0.3 is 10.6 Å². The summed E-state index contributed by atoms with van der Waals surface area (Å²) in [4.78, 5) is 6.74. The Kier molecular flexibility index (Phi) is 4.54. The molecule has 0 fully saturated rings. The third kappa shape index (κ3) is 4.10. The van der Waals surface area contributed by atoms with Crippen LogP contribution in [0.15, 0.2) is 0 Å². The zero-order valence-corrected chi connectivity index (χ0v) is 13.4. The molecule has 1 aromatic rings. The van der Waals surface area contributed by atoms with Crippen LogP contribution in [0, 0.1) is 5.41 Å². The van der Waals surface area contributed by atoms with Crippen molar-refractivity contribution < 1.29 is 13.2 Å². The Bertz CT molecular complexity index is 496. The van der Waals surface area contributed by atoms with Crippen molar-refractivity contribution in [2.24, 2.45) is 11.1 Å². The smallest absolute Gasteiger partial charge is 0.339 e. The number of hydrogen-bond donors (Lipinski definition) is 1. The van der Waals surface area contributed by atoms with Gasteiger partial charge in [-0.1, -0.05) is 32.1 Å². The third-order valence-corrected chi connectivity index (χ3v) is 4.90. The molecule has 2 N–H and O–H groups in total. The van der Waals surface area contributed by atoms with Gasteiger partial charge >= 0.3 is 6.18 Å². The van der Waals surface area contributed by atoms with E-state index in [1.807, 2.05) is 6.92 Å². The first-order chi connectivity index (χ1) is 9.61. The van der Waals surface area contributed by atoms with Crippen molar-refractivity contribution in [1.29, 1.82) is 0 Å². The largest absolute Gasteiger partial charge is 0.406 e. The fraction of sp³-hybridized carbons (Fsp3) is 0.786. The minimum absolute atomic E-state index is 0.0529. The number of fused-ring (bicyclic) bond motifs is 1. The highest BCUT2D eigenvalue weighted by molar-refractivity contribution is 7.15. The van der Waals surface area contributed by atoms with Crippen molar-refractivity contribution in [3.8, 4) is 0 Å². The minimum atomic E-state index is -4.22. The highest BCUT2D eigenvalue weighted by Gasteiger charge is 2.36. The van der Waals surface area contributed by atoms with Crippen molar-refractivity contribution in [1.82, 2.24) is 4.98 Å². The number of hydrogen-bond acceptors (Lipinski definition) is 4. The van der Waals surface area contributed by atoms with Crippen LogP contribution >= 0.6 is 11.3 Å². The van der Waals surface area contributed by atoms with Crippen molar-refractivity contribution >= 4 is 16.5 Å². The first kappa shape index (κ1) is 16.5. The molecule has 1 aliphatic carbocycles. The SMILES string of the molecule is CCCN(CC(F)(F)F)c1nc2c(s1)C(N)CC(C)(C)C2. The zero-order valence-electron chi connectivity index (χ0n) is 12.6. The number of aromatic nitrogens is 1. The van der Waals surface area contributed by atoms with E-state index in [4.69, 9.17) is 5.73 Å². The van der Waals surface area contributed by atoms with Crippen LogP contribution in [0.3, 0.4) is 0 Å². The number of halogens is 3. The van der Waals surface area contributed by atoms with E-state index < -0.39 is 12.7 Å². The van der Waals surface area contributed by atoms with Gasteiger partial charge in [-0.05, 0) is 24.7 Å². The normalized spacial score (nSPS) is 21.2. The highest BCUT2D eigenvalue weighted by Crippen LogP contribution is 2.43. The van der Waals surface area contributed by atoms with E-state index in [0.717, 1.165) is 23.4 Å². The Balaban J connectivity index is 2.28. The minimum Gasteiger partial charge on any atom is -0.339 e. The van der Waals surface area contributed by atoms with Gasteiger partial charge in [-0.2, -0.15) is 13.2 Å². The number of alkyl halides is 3. The number of anilines is 1. The molecule has 120 valence electrons. The molecule has 1 unspecified atom stereocenters. The van der Waals surface area contributed by atoms with E-state index in [1.54, 1.807) is 0 Å². The first-order valence-corrected chi connectivity index (χ1v) is 8.00. The van der Waals surface area contributed by atoms with Gasteiger partial charge in [-0.25, -0.2) is 4.98 Å². The molecule has 0 spiro atoms. The summed E-state index contributed by atoms with van der Waals surface area (Å²) >= 11 is 1.32. The van der Waals surface area contributed by atoms with Crippen LogP contribution in [0.25, 0.3) is 0 Å². The molecular formula is C14H22F3N3S. The van der Waals surface area contributed by atoms with Gasteiger partial charge in [-0.3, -0.25) is 0 Å². The van der Waals surface area contributed by atoms with Crippen LogP contribution in [0.1, 0.15) is 50.2 Å². The lowest BCUT2D eigenvalue weighted by atomic mass is 9.77. The van der Waals surface area contributed by atoms with Gasteiger partial charge in [-0.15, -0.1) is 0 Å². The maximum atomic E-state index is 12.7. The van der Waals surface area contributed by atoms with Crippen molar-refractivity contribution in [3.63, 3.8) is 0 Å². The topological polar surface area (TPSA) is 42.2 Å². The second-order valence-electron chi connectivity index (χ2n) is 6.50. The maximum Gasteiger partial charge on any atom is 0.406 e. The van der Waals surface area contributed by atoms with Crippen LogP contribution in [0.5, 0.6) is 0 Å². The fourth-order valence-corrected chi connectivity index (χ4v) is 3.95. The van der Waals surface area contributed by atoms with E-state index in [1.165, 1.54) is 16.2 Å². The molecule has 1 aromatic heterocycles. The summed E-state index contributed by atoms with van der Waals surface area (Å²) in [5.41, 5.74) is 7.10. The van der Waals surface area contributed by atoms with Gasteiger partial charge in [0, 0.05) is 17.5 Å². The van der Waals surface area contributed by atoms with E-state index in [0.29, 0.717) is 18.1 Å². The van der Waals surface area contributed by atoms with Gasteiger partial charge in [0.25, 0.3) is 0 Å². The molecule has 2 rings (SSSR count). The van der Waals surface area contributed by atoms with Gasteiger partial charge in [0.2, 0.25) is 0 Å². The molecule has 1 heterocycles. The molecule has 0 saturated heterocycles. The Labute approximate surface area is 127 Å². The summed E-state index contributed by atoms with van der Waals surface area (Å²) in [5.74, 6) is 0. The molecule has 0 radical (unpaired) electrons. The number of nitrogens with zero attached hydrogens (tertiary/aromatic N) is 2. The molecule has 1 atom stereocenters. The van der Waals surface area contributed by atoms with Crippen molar-refractivity contribution in [3.05, 3.63) is 10.6 Å². The van der Waals surface area contributed by atoms with E-state index in [-0.39, 0.29) is 11.5 Å². The molecular weight excluding hydrogens is 299 g/mol. The fourth-order valence-electron chi connectivity index (χ4n) is 2.84. The second-order valence-corrected chi connectivity index (χ2v) is 7.50. The number of thiazole rings is 1. The summed E-state index contributed by atoms with van der Waals surface area (Å²) in [6, 6.07) is -0.121. The number of rotatable bonds is 4. The monoisotopic (exact) mass is 321 g/mol. The molecule has 7 heteroatoms. The summed E-state index contributed by atoms with van der Waals surface area (Å²) in [6.07, 6.45) is -1.95. The molecule has 0 aromatic carbocycles. The summed E-state index contributed by atoms with van der Waals surface area (Å²) in [7, 11) is 0. The van der Waals surface area contributed by atoms with E-state index in [2.05, 4.69) is 18.8 Å². The molecule has 0 saturated carbocycles. The van der Waals surface area contributed by atoms with Crippen LogP contribution < -0.4 is 10.6 Å². The van der Waals surface area contributed by atoms with Crippen molar-refractivity contribution in [2.75, 3.05) is 18.0 Å². The van der Waals surface area contributed by atoms with Gasteiger partial charge in [0.1, 0.15) is 6.54 Å². The van der Waals surface area contributed by atoms with Crippen molar-refractivity contribution in [2.45, 2.75) is 52.3 Å². The second kappa shape index (κ2) is 5.76. The molecule has 0 amide bonds. The Morgan fingerprint density at radius 3 is 2.67 bits per heavy atom. The summed E-state index contributed by atoms with van der Waals surface area (Å²) in [5, 5.41) is 0.451. The molecule has 1 aliphatic rings. The lowest BCUT2D eigenvalue weighted by molar-refractivity contribution is -0.119. The predicted molar refractivity (Wildman–Crippen MR) is 79.7 cm³/mol. The quantitative estimate of drug-likeness (QED) is 0.914. The summed E-state index contributed by atoms with van der Waals surface area (Å²) in [6.45, 7) is 5.50. The average molecular weight is 321 g/mol. The molecule has 3 nitrogen and oxygen atoms in total. The standard InChI is InChI=1S/C14H22F3N3S/c1-4-5-20(8-14(15,16)17)12-19-10-7-13(2,3)6-9(18)11(10)21-12/h9H,4-8,18H2,1-3H3. The van der Waals surface area contributed by atoms with Gasteiger partial charge in [0.15, 0.2) is 5.13 Å². The highest BCUT2D eigenvalue weighted by atomic mass is 32.1. The lowest BCUT2D eigenvalue weighted by Gasteiger charge is -2.32. The molecule has 0 bridgehead atoms. The average Bonchev–Trinajstić information content (AvgIpc) is 2.68. The lowest BCUT2D eigenvalue weighted by Crippen LogP contribution is -2.34. The van der Waals surface area contributed by atoms with Crippen LogP contribution in [-0.4, -0.2) is 24.2 Å². The Morgan fingerprint density at radius 1 is 1.43 bits per heavy atom. The van der Waals surface area contributed by atoms with Gasteiger partial charge in [0.05, 0.1) is 5.69 Å². The predicted octanol–water partition coefficient (Wildman–Crippen LogP) is 3.89. The Morgan fingerprint density at radius 2 is 2.10 bits per heavy atom. The number of nitrogens with two attached hydrogens (primary N) is 1. The van der Waals surface area contributed by atoms with E-state index >= 15 is 0 Å². The Hall–Kier alpha value is -0.820. The summed E-state index contributed by atoms with van der Waals surface area (Å²) < 4.78 is 38.1. The van der Waals surface area contributed by atoms with Crippen LogP contribution in [0.2, 0.25) is 0 Å². The molecule has 21 heavy (non-hydrogen) atoms. The first-order valence-electron chi connectivity index (χ1n) is 7.18. The zero-order chi connectivity index (χ0) is 15.8. The van der Waals surface area contributed by atoms with Crippen LogP contribution in [-0.2, 0) is 6.42 Å². The van der Waals surface area contributed by atoms with Crippen LogP contribution in [0.4, 0.5) is 18.3 Å². The van der Waals surface area contributed by atoms with E-state index in [9.17, 15) is 13.2 Å².